The minimum absolute atomic E-state index is 0.318. The van der Waals surface area contributed by atoms with Crippen LogP contribution in [0.3, 0.4) is 0 Å². The molecule has 11 heavy (non-hydrogen) atoms. The summed E-state index contributed by atoms with van der Waals surface area (Å²) in [5.74, 6) is -2.87. The number of hydroxylamine groups is 1. The minimum atomic E-state index is -1.16. The van der Waals surface area contributed by atoms with Gasteiger partial charge in [-0.1, -0.05) is 0 Å². The van der Waals surface area contributed by atoms with Gasteiger partial charge in [-0.25, -0.2) is 5.48 Å². The number of hydrogen-bond donors (Lipinski definition) is 2. The van der Waals surface area contributed by atoms with Crippen LogP contribution in [0.25, 0.3) is 0 Å². The first-order valence-electron chi connectivity index (χ1n) is 3.24. The molecule has 0 aliphatic carbocycles. The van der Waals surface area contributed by atoms with Crippen LogP contribution in [0.2, 0.25) is 0 Å². The Balaban J connectivity index is 3.74. The van der Waals surface area contributed by atoms with E-state index in [0.29, 0.717) is 6.61 Å². The molecule has 0 fully saturated rings. The highest BCUT2D eigenvalue weighted by molar-refractivity contribution is 5.95. The summed E-state index contributed by atoms with van der Waals surface area (Å²) in [6.07, 6.45) is 0. The predicted molar refractivity (Wildman–Crippen MR) is 36.6 cm³/mol. The van der Waals surface area contributed by atoms with Crippen LogP contribution in [-0.4, -0.2) is 23.6 Å². The molecule has 0 heterocycles. The molecular weight excluding hydrogens is 150 g/mol. The molecule has 0 bridgehead atoms. The first-order chi connectivity index (χ1) is 5.09. The molecule has 0 rings (SSSR count). The monoisotopic (exact) mass is 161 g/mol. The molecule has 0 aliphatic heterocycles. The highest BCUT2D eigenvalue weighted by Gasteiger charge is 2.19. The third kappa shape index (κ3) is 3.57. The van der Waals surface area contributed by atoms with Gasteiger partial charge in [-0.15, -0.1) is 0 Å². The van der Waals surface area contributed by atoms with E-state index in [9.17, 15) is 9.59 Å². The Labute approximate surface area is 64.3 Å². The first-order valence-corrected chi connectivity index (χ1v) is 3.24. The molecule has 0 saturated carbocycles. The summed E-state index contributed by atoms with van der Waals surface area (Å²) >= 11 is 0. The number of aliphatic carboxylic acids is 1. The standard InChI is InChI=1S/C6H11NO4/c1-3-11-7-5(8)4(2)6(9)10/h4H,3H2,1-2H3,(H,7,8)(H,9,10). The van der Waals surface area contributed by atoms with Gasteiger partial charge in [0.15, 0.2) is 0 Å². The van der Waals surface area contributed by atoms with Gasteiger partial charge in [0, 0.05) is 0 Å². The summed E-state index contributed by atoms with van der Waals surface area (Å²) in [4.78, 5) is 25.4. The highest BCUT2D eigenvalue weighted by atomic mass is 16.6. The average molecular weight is 161 g/mol. The molecule has 0 saturated heterocycles. The molecule has 0 aromatic rings. The summed E-state index contributed by atoms with van der Waals surface area (Å²) < 4.78 is 0. The lowest BCUT2D eigenvalue weighted by Crippen LogP contribution is -2.33. The largest absolute Gasteiger partial charge is 0.481 e. The van der Waals surface area contributed by atoms with Gasteiger partial charge in [0.2, 0.25) is 0 Å². The smallest absolute Gasteiger partial charge is 0.315 e. The average Bonchev–Trinajstić information content (AvgIpc) is 1.98. The maximum atomic E-state index is 10.7. The third-order valence-corrected chi connectivity index (χ3v) is 1.08. The van der Waals surface area contributed by atoms with E-state index in [1.54, 1.807) is 6.92 Å². The molecule has 5 nitrogen and oxygen atoms in total. The van der Waals surface area contributed by atoms with E-state index in [4.69, 9.17) is 5.11 Å². The zero-order valence-corrected chi connectivity index (χ0v) is 6.46. The maximum absolute atomic E-state index is 10.7. The van der Waals surface area contributed by atoms with Gasteiger partial charge in [0.25, 0.3) is 5.91 Å². The molecule has 1 atom stereocenters. The van der Waals surface area contributed by atoms with Crippen molar-refractivity contribution in [1.82, 2.24) is 5.48 Å². The molecule has 0 aromatic carbocycles. The molecular formula is C6H11NO4. The van der Waals surface area contributed by atoms with E-state index in [-0.39, 0.29) is 0 Å². The predicted octanol–water partition coefficient (Wildman–Crippen LogP) is -0.225. The summed E-state index contributed by atoms with van der Waals surface area (Å²) in [6, 6.07) is 0. The van der Waals surface area contributed by atoms with Crippen molar-refractivity contribution in [2.45, 2.75) is 13.8 Å². The van der Waals surface area contributed by atoms with Gasteiger partial charge in [-0.05, 0) is 13.8 Å². The van der Waals surface area contributed by atoms with E-state index in [2.05, 4.69) is 4.84 Å². The lowest BCUT2D eigenvalue weighted by molar-refractivity contribution is -0.151. The van der Waals surface area contributed by atoms with Crippen LogP contribution < -0.4 is 5.48 Å². The van der Waals surface area contributed by atoms with Crippen molar-refractivity contribution in [3.63, 3.8) is 0 Å². The summed E-state index contributed by atoms with van der Waals surface area (Å²) in [5.41, 5.74) is 1.99. The van der Waals surface area contributed by atoms with Crippen molar-refractivity contribution in [2.24, 2.45) is 5.92 Å². The van der Waals surface area contributed by atoms with Gasteiger partial charge in [0.1, 0.15) is 5.92 Å². The number of carbonyl (C=O) groups is 2. The lowest BCUT2D eigenvalue weighted by Gasteiger charge is -2.05. The molecule has 0 radical (unpaired) electrons. The van der Waals surface area contributed by atoms with Crippen molar-refractivity contribution >= 4 is 11.9 Å². The van der Waals surface area contributed by atoms with Crippen molar-refractivity contribution < 1.29 is 19.5 Å². The number of hydrogen-bond acceptors (Lipinski definition) is 3. The molecule has 64 valence electrons. The molecule has 2 N–H and O–H groups in total. The van der Waals surface area contributed by atoms with Crippen LogP contribution >= 0.6 is 0 Å². The molecule has 1 amide bonds. The second kappa shape index (κ2) is 4.68. The van der Waals surface area contributed by atoms with Crippen LogP contribution in [0.5, 0.6) is 0 Å². The van der Waals surface area contributed by atoms with Crippen LogP contribution in [0.15, 0.2) is 0 Å². The van der Waals surface area contributed by atoms with Gasteiger partial charge < -0.3 is 5.11 Å². The van der Waals surface area contributed by atoms with Crippen molar-refractivity contribution in [3.8, 4) is 0 Å². The zero-order chi connectivity index (χ0) is 8.85. The number of carbonyl (C=O) groups excluding carboxylic acids is 1. The number of nitrogens with one attached hydrogen (secondary N) is 1. The van der Waals surface area contributed by atoms with Crippen molar-refractivity contribution in [2.75, 3.05) is 6.61 Å². The topological polar surface area (TPSA) is 75.6 Å². The van der Waals surface area contributed by atoms with Crippen LogP contribution in [0.1, 0.15) is 13.8 Å². The van der Waals surface area contributed by atoms with Crippen molar-refractivity contribution in [3.05, 3.63) is 0 Å². The lowest BCUT2D eigenvalue weighted by atomic mass is 10.2. The third-order valence-electron chi connectivity index (χ3n) is 1.08. The second-order valence-electron chi connectivity index (χ2n) is 1.96. The number of carboxylic acids is 1. The first kappa shape index (κ1) is 9.90. The Kier molecular flexibility index (Phi) is 4.21. The number of carboxylic acid groups (broad SMARTS) is 1. The van der Waals surface area contributed by atoms with E-state index in [1.807, 2.05) is 5.48 Å². The summed E-state index contributed by atoms with van der Waals surface area (Å²) in [5, 5.41) is 8.34. The number of rotatable bonds is 4. The second-order valence-corrected chi connectivity index (χ2v) is 1.96. The van der Waals surface area contributed by atoms with Gasteiger partial charge in [-0.3, -0.25) is 14.4 Å². The summed E-state index contributed by atoms with van der Waals surface area (Å²) in [7, 11) is 0. The Morgan fingerprint density at radius 3 is 2.55 bits per heavy atom. The van der Waals surface area contributed by atoms with Gasteiger partial charge in [-0.2, -0.15) is 0 Å². The van der Waals surface area contributed by atoms with E-state index in [1.165, 1.54) is 6.92 Å². The highest BCUT2D eigenvalue weighted by Crippen LogP contribution is 1.93. The van der Waals surface area contributed by atoms with Gasteiger partial charge >= 0.3 is 5.97 Å². The Morgan fingerprint density at radius 2 is 2.18 bits per heavy atom. The van der Waals surface area contributed by atoms with E-state index >= 15 is 0 Å². The van der Waals surface area contributed by atoms with Crippen LogP contribution in [0, 0.1) is 5.92 Å². The molecule has 0 aromatic heterocycles. The zero-order valence-electron chi connectivity index (χ0n) is 6.46. The Hall–Kier alpha value is -1.10. The minimum Gasteiger partial charge on any atom is -0.481 e. The maximum Gasteiger partial charge on any atom is 0.315 e. The van der Waals surface area contributed by atoms with E-state index in [0.717, 1.165) is 0 Å². The fraction of sp³-hybridized carbons (Fsp3) is 0.667. The van der Waals surface area contributed by atoms with E-state index < -0.39 is 17.8 Å². The quantitative estimate of drug-likeness (QED) is 0.441. The Morgan fingerprint density at radius 1 is 1.64 bits per heavy atom. The fourth-order valence-electron chi connectivity index (χ4n) is 0.344. The SMILES string of the molecule is CCONC(=O)C(C)C(=O)O. The molecule has 0 aliphatic rings. The molecule has 0 spiro atoms. The normalized spacial score (nSPS) is 12.2. The molecule has 5 heteroatoms. The van der Waals surface area contributed by atoms with Crippen molar-refractivity contribution in [1.29, 1.82) is 0 Å². The van der Waals surface area contributed by atoms with Crippen LogP contribution in [-0.2, 0) is 14.4 Å². The fourth-order valence-corrected chi connectivity index (χ4v) is 0.344. The van der Waals surface area contributed by atoms with Crippen LogP contribution in [0.4, 0.5) is 0 Å². The Bertz CT molecular complexity index is 157. The molecule has 1 unspecified atom stereocenters. The van der Waals surface area contributed by atoms with Gasteiger partial charge in [0.05, 0.1) is 6.61 Å². The number of amides is 1. The summed E-state index contributed by atoms with van der Waals surface area (Å²) in [6.45, 7) is 3.29.